The highest BCUT2D eigenvalue weighted by molar-refractivity contribution is 9.10. The number of ketones is 1. The monoisotopic (exact) mass is 238 g/mol. The van der Waals surface area contributed by atoms with Crippen LogP contribution in [0.25, 0.3) is 0 Å². The zero-order valence-corrected chi connectivity index (χ0v) is 8.93. The Hall–Kier alpha value is -0.630. The summed E-state index contributed by atoms with van der Waals surface area (Å²) in [4.78, 5) is 11.4. The minimum Gasteiger partial charge on any atom is -0.299 e. The minimum atomic E-state index is 0.366. The van der Waals surface area contributed by atoms with Gasteiger partial charge in [-0.3, -0.25) is 4.79 Å². The van der Waals surface area contributed by atoms with E-state index in [9.17, 15) is 4.79 Å². The van der Waals surface area contributed by atoms with Crippen molar-refractivity contribution >= 4 is 21.7 Å². The molecule has 0 spiro atoms. The van der Waals surface area contributed by atoms with Gasteiger partial charge in [-0.15, -0.1) is 0 Å². The molecule has 68 valence electrons. The van der Waals surface area contributed by atoms with Crippen LogP contribution in [-0.4, -0.2) is 5.78 Å². The number of carbonyl (C=O) groups is 1. The van der Waals surface area contributed by atoms with Crippen LogP contribution in [0.15, 0.2) is 22.7 Å². The maximum absolute atomic E-state index is 11.4. The highest BCUT2D eigenvalue weighted by atomic mass is 79.9. The number of fused-ring (bicyclic) bond motifs is 1. The van der Waals surface area contributed by atoms with Gasteiger partial charge in [0.05, 0.1) is 0 Å². The molecule has 0 amide bonds. The summed E-state index contributed by atoms with van der Waals surface area (Å²) >= 11 is 3.49. The maximum Gasteiger partial charge on any atom is 0.137 e. The molecule has 1 aliphatic carbocycles. The van der Waals surface area contributed by atoms with Crippen molar-refractivity contribution in [3.8, 4) is 0 Å². The van der Waals surface area contributed by atoms with Gasteiger partial charge in [-0.05, 0) is 30.0 Å². The minimum absolute atomic E-state index is 0.366. The molecule has 0 saturated heterocycles. The van der Waals surface area contributed by atoms with Crippen LogP contribution in [0.2, 0.25) is 0 Å². The molecule has 2 rings (SSSR count). The van der Waals surface area contributed by atoms with E-state index in [0.29, 0.717) is 12.2 Å². The summed E-state index contributed by atoms with van der Waals surface area (Å²) in [6.45, 7) is 0. The molecule has 0 N–H and O–H groups in total. The Morgan fingerprint density at radius 3 is 2.92 bits per heavy atom. The zero-order valence-electron chi connectivity index (χ0n) is 7.35. The van der Waals surface area contributed by atoms with Gasteiger partial charge < -0.3 is 0 Å². The number of halogens is 1. The first-order valence-electron chi connectivity index (χ1n) is 4.55. The third-order valence-corrected chi connectivity index (χ3v) is 3.23. The van der Waals surface area contributed by atoms with Gasteiger partial charge in [0.1, 0.15) is 5.78 Å². The predicted molar refractivity (Wildman–Crippen MR) is 55.8 cm³/mol. The molecule has 1 aromatic carbocycles. The van der Waals surface area contributed by atoms with Crippen molar-refractivity contribution in [2.75, 3.05) is 0 Å². The van der Waals surface area contributed by atoms with Crippen molar-refractivity contribution in [2.45, 2.75) is 25.7 Å². The van der Waals surface area contributed by atoms with Gasteiger partial charge in [0.25, 0.3) is 0 Å². The van der Waals surface area contributed by atoms with Crippen LogP contribution in [0.3, 0.4) is 0 Å². The lowest BCUT2D eigenvalue weighted by atomic mass is 10.0. The van der Waals surface area contributed by atoms with Crippen molar-refractivity contribution in [2.24, 2.45) is 0 Å². The van der Waals surface area contributed by atoms with E-state index in [1.165, 1.54) is 11.1 Å². The van der Waals surface area contributed by atoms with E-state index >= 15 is 0 Å². The van der Waals surface area contributed by atoms with E-state index < -0.39 is 0 Å². The fraction of sp³-hybridized carbons (Fsp3) is 0.364. The molecule has 0 radical (unpaired) electrons. The summed E-state index contributed by atoms with van der Waals surface area (Å²) in [5, 5.41) is 0. The highest BCUT2D eigenvalue weighted by Gasteiger charge is 2.15. The smallest absolute Gasteiger partial charge is 0.137 e. The quantitative estimate of drug-likeness (QED) is 0.636. The number of Topliss-reactive ketones (excluding diaryl/α,β-unsaturated/α-hetero) is 1. The molecule has 0 heterocycles. The van der Waals surface area contributed by atoms with Crippen LogP contribution in [-0.2, 0) is 17.6 Å². The number of benzene rings is 1. The summed E-state index contributed by atoms with van der Waals surface area (Å²) in [5.41, 5.74) is 2.53. The Balaban J connectivity index is 2.46. The van der Waals surface area contributed by atoms with Crippen molar-refractivity contribution in [3.63, 3.8) is 0 Å². The van der Waals surface area contributed by atoms with E-state index in [1.807, 2.05) is 12.1 Å². The lowest BCUT2D eigenvalue weighted by Gasteiger charge is -2.05. The first kappa shape index (κ1) is 8.95. The lowest BCUT2D eigenvalue weighted by Crippen LogP contribution is -2.00. The number of aryl methyl sites for hydroxylation is 1. The molecule has 1 aliphatic rings. The molecule has 13 heavy (non-hydrogen) atoms. The van der Waals surface area contributed by atoms with Crippen molar-refractivity contribution in [1.82, 2.24) is 0 Å². The number of carbonyl (C=O) groups excluding carboxylic acids is 1. The Morgan fingerprint density at radius 2 is 2.08 bits per heavy atom. The Bertz CT molecular complexity index is 344. The van der Waals surface area contributed by atoms with Gasteiger partial charge in [-0.25, -0.2) is 0 Å². The molecule has 0 aliphatic heterocycles. The lowest BCUT2D eigenvalue weighted by molar-refractivity contribution is -0.118. The normalized spacial score (nSPS) is 16.5. The van der Waals surface area contributed by atoms with E-state index in [-0.39, 0.29) is 0 Å². The van der Waals surface area contributed by atoms with Crippen molar-refractivity contribution in [1.29, 1.82) is 0 Å². The zero-order chi connectivity index (χ0) is 9.26. The number of rotatable bonds is 0. The van der Waals surface area contributed by atoms with Gasteiger partial charge in [0.2, 0.25) is 0 Å². The second-order valence-electron chi connectivity index (χ2n) is 3.45. The van der Waals surface area contributed by atoms with Gasteiger partial charge in [0, 0.05) is 17.3 Å². The molecule has 0 bridgehead atoms. The standard InChI is InChI=1S/C11H11BrO/c12-11-6-2-4-8-3-1-5-9(13)7-10(8)11/h2,4,6H,1,3,5,7H2. The number of hydrogen-bond donors (Lipinski definition) is 0. The summed E-state index contributed by atoms with van der Waals surface area (Å²) in [5.74, 6) is 0.366. The Morgan fingerprint density at radius 1 is 1.23 bits per heavy atom. The van der Waals surface area contributed by atoms with Crippen LogP contribution in [0, 0.1) is 0 Å². The molecule has 0 saturated carbocycles. The molecule has 1 nitrogen and oxygen atoms in total. The number of hydrogen-bond acceptors (Lipinski definition) is 1. The summed E-state index contributed by atoms with van der Waals surface area (Å²) in [6, 6.07) is 6.18. The van der Waals surface area contributed by atoms with E-state index in [0.717, 1.165) is 23.7 Å². The van der Waals surface area contributed by atoms with E-state index in [4.69, 9.17) is 0 Å². The van der Waals surface area contributed by atoms with Crippen LogP contribution in [0.5, 0.6) is 0 Å². The third kappa shape index (κ3) is 1.83. The summed E-state index contributed by atoms with van der Waals surface area (Å²) in [7, 11) is 0. The third-order valence-electron chi connectivity index (χ3n) is 2.49. The largest absolute Gasteiger partial charge is 0.299 e. The predicted octanol–water partition coefficient (Wildman–Crippen LogP) is 2.90. The first-order valence-corrected chi connectivity index (χ1v) is 5.34. The highest BCUT2D eigenvalue weighted by Crippen LogP contribution is 2.25. The van der Waals surface area contributed by atoms with Gasteiger partial charge in [-0.2, -0.15) is 0 Å². The SMILES string of the molecule is O=C1CCCc2cccc(Br)c2C1. The topological polar surface area (TPSA) is 17.1 Å². The Labute approximate surface area is 86.3 Å². The van der Waals surface area contributed by atoms with Crippen LogP contribution in [0.4, 0.5) is 0 Å². The van der Waals surface area contributed by atoms with E-state index in [2.05, 4.69) is 22.0 Å². The second kappa shape index (κ2) is 3.62. The fourth-order valence-corrected chi connectivity index (χ4v) is 2.34. The van der Waals surface area contributed by atoms with Gasteiger partial charge in [0.15, 0.2) is 0 Å². The molecule has 0 unspecified atom stereocenters. The summed E-state index contributed by atoms with van der Waals surface area (Å²) in [6.07, 6.45) is 3.39. The van der Waals surface area contributed by atoms with Gasteiger partial charge >= 0.3 is 0 Å². The average Bonchev–Trinajstić information content (AvgIpc) is 2.28. The van der Waals surface area contributed by atoms with Gasteiger partial charge in [-0.1, -0.05) is 28.1 Å². The van der Waals surface area contributed by atoms with Crippen molar-refractivity contribution < 1.29 is 4.79 Å². The van der Waals surface area contributed by atoms with E-state index in [1.54, 1.807) is 0 Å². The van der Waals surface area contributed by atoms with Crippen LogP contribution < -0.4 is 0 Å². The Kier molecular flexibility index (Phi) is 2.49. The molecule has 2 heteroatoms. The molecular formula is C11H11BrO. The van der Waals surface area contributed by atoms with Crippen LogP contribution >= 0.6 is 15.9 Å². The fourth-order valence-electron chi connectivity index (χ4n) is 1.80. The maximum atomic E-state index is 11.4. The molecule has 1 aromatic rings. The van der Waals surface area contributed by atoms with Crippen LogP contribution in [0.1, 0.15) is 24.0 Å². The molecule has 0 fully saturated rings. The second-order valence-corrected chi connectivity index (χ2v) is 4.30. The summed E-state index contributed by atoms with van der Waals surface area (Å²) < 4.78 is 1.08. The first-order chi connectivity index (χ1) is 6.27. The average molecular weight is 239 g/mol. The molecule has 0 atom stereocenters. The molecule has 0 aromatic heterocycles. The molecular weight excluding hydrogens is 228 g/mol. The van der Waals surface area contributed by atoms with Crippen molar-refractivity contribution in [3.05, 3.63) is 33.8 Å².